The van der Waals surface area contributed by atoms with Gasteiger partial charge in [-0.05, 0) is 24.1 Å². The quantitative estimate of drug-likeness (QED) is 0.490. The second-order valence-corrected chi connectivity index (χ2v) is 7.83. The predicted octanol–water partition coefficient (Wildman–Crippen LogP) is 4.68. The summed E-state index contributed by atoms with van der Waals surface area (Å²) in [6, 6.07) is 23.4. The molecule has 0 spiro atoms. The van der Waals surface area contributed by atoms with E-state index in [-0.39, 0.29) is 0 Å². The normalized spacial score (nSPS) is 14.4. The van der Waals surface area contributed by atoms with Crippen molar-refractivity contribution in [3.8, 4) is 11.1 Å². The van der Waals surface area contributed by atoms with Crippen molar-refractivity contribution in [3.63, 3.8) is 0 Å². The summed E-state index contributed by atoms with van der Waals surface area (Å²) >= 11 is 0. The van der Waals surface area contributed by atoms with E-state index in [9.17, 15) is 0 Å². The molecule has 2 aromatic carbocycles. The highest BCUT2D eigenvalue weighted by atomic mass is 15.4. The van der Waals surface area contributed by atoms with Crippen LogP contribution in [0, 0.1) is 0 Å². The van der Waals surface area contributed by atoms with E-state index in [0.717, 1.165) is 67.3 Å². The fraction of sp³-hybridized carbons (Fsp3) is 0.280. The maximum atomic E-state index is 4.98. The topological polar surface area (TPSA) is 36.7 Å². The van der Waals surface area contributed by atoms with Gasteiger partial charge >= 0.3 is 0 Å². The van der Waals surface area contributed by atoms with E-state index in [2.05, 4.69) is 77.4 Å². The lowest BCUT2D eigenvalue weighted by Crippen LogP contribution is -2.47. The Bertz CT molecular complexity index is 1110. The number of nitrogens with zero attached hydrogens (tertiary/aromatic N) is 5. The van der Waals surface area contributed by atoms with E-state index < -0.39 is 0 Å². The molecule has 0 atom stereocenters. The Labute approximate surface area is 177 Å². The number of aryl methyl sites for hydroxylation is 1. The molecule has 0 N–H and O–H groups in total. The van der Waals surface area contributed by atoms with E-state index in [1.165, 1.54) is 5.69 Å². The Kier molecular flexibility index (Phi) is 5.10. The van der Waals surface area contributed by atoms with E-state index in [4.69, 9.17) is 10.1 Å². The molecule has 2 aromatic heterocycles. The maximum absolute atomic E-state index is 4.98. The van der Waals surface area contributed by atoms with Crippen LogP contribution in [0.1, 0.15) is 19.0 Å². The third kappa shape index (κ3) is 3.52. The number of hydrogen-bond acceptors (Lipinski definition) is 4. The van der Waals surface area contributed by atoms with Gasteiger partial charge in [0.15, 0.2) is 5.65 Å². The first-order valence-corrected chi connectivity index (χ1v) is 10.8. The van der Waals surface area contributed by atoms with Crippen molar-refractivity contribution in [2.24, 2.45) is 0 Å². The first-order chi connectivity index (χ1) is 14.8. The molecule has 1 fully saturated rings. The van der Waals surface area contributed by atoms with Crippen LogP contribution in [0.5, 0.6) is 0 Å². The average molecular weight is 398 g/mol. The fourth-order valence-corrected chi connectivity index (χ4v) is 4.26. The Balaban J connectivity index is 1.49. The van der Waals surface area contributed by atoms with Gasteiger partial charge in [-0.15, -0.1) is 0 Å². The lowest BCUT2D eigenvalue weighted by atomic mass is 10.1. The van der Waals surface area contributed by atoms with E-state index in [1.807, 2.05) is 16.8 Å². The molecular weight excluding hydrogens is 370 g/mol. The first kappa shape index (κ1) is 18.7. The Morgan fingerprint density at radius 3 is 2.20 bits per heavy atom. The van der Waals surface area contributed by atoms with Gasteiger partial charge in [0, 0.05) is 49.2 Å². The van der Waals surface area contributed by atoms with Crippen LogP contribution in [-0.2, 0) is 6.42 Å². The molecule has 5 heteroatoms. The van der Waals surface area contributed by atoms with Crippen molar-refractivity contribution in [2.45, 2.75) is 19.8 Å². The molecule has 4 aromatic rings. The number of benzene rings is 2. The van der Waals surface area contributed by atoms with E-state index in [0.29, 0.717) is 0 Å². The van der Waals surface area contributed by atoms with E-state index in [1.54, 1.807) is 0 Å². The van der Waals surface area contributed by atoms with Crippen LogP contribution >= 0.6 is 0 Å². The van der Waals surface area contributed by atoms with Gasteiger partial charge in [0.2, 0.25) is 0 Å². The summed E-state index contributed by atoms with van der Waals surface area (Å²) in [4.78, 5) is 9.89. The highest BCUT2D eigenvalue weighted by Gasteiger charge is 2.22. The van der Waals surface area contributed by atoms with Crippen LogP contribution in [0.2, 0.25) is 0 Å². The zero-order valence-corrected chi connectivity index (χ0v) is 17.4. The van der Waals surface area contributed by atoms with Crippen LogP contribution in [0.15, 0.2) is 72.9 Å². The second kappa shape index (κ2) is 8.19. The van der Waals surface area contributed by atoms with Gasteiger partial charge in [-0.1, -0.05) is 61.9 Å². The lowest BCUT2D eigenvalue weighted by Gasteiger charge is -2.37. The predicted molar refractivity (Wildman–Crippen MR) is 123 cm³/mol. The number of anilines is 2. The number of aromatic nitrogens is 3. The summed E-state index contributed by atoms with van der Waals surface area (Å²) in [5, 5.41) is 4.75. The molecule has 1 aliphatic rings. The Morgan fingerprint density at radius 2 is 1.50 bits per heavy atom. The van der Waals surface area contributed by atoms with Gasteiger partial charge in [-0.2, -0.15) is 9.61 Å². The SMILES string of the molecule is CCCc1cc(N2CCN(c3ccccc3)CC2)n2ncc(-c3ccccc3)c2n1. The van der Waals surface area contributed by atoms with Gasteiger partial charge < -0.3 is 9.80 Å². The number of hydrogen-bond donors (Lipinski definition) is 0. The van der Waals surface area contributed by atoms with Crippen LogP contribution in [0.4, 0.5) is 11.5 Å². The summed E-state index contributed by atoms with van der Waals surface area (Å²) in [5.74, 6) is 1.15. The van der Waals surface area contributed by atoms with Crippen LogP contribution in [-0.4, -0.2) is 40.8 Å². The number of rotatable bonds is 5. The molecule has 1 aliphatic heterocycles. The van der Waals surface area contributed by atoms with Crippen LogP contribution < -0.4 is 9.80 Å². The second-order valence-electron chi connectivity index (χ2n) is 7.83. The van der Waals surface area contributed by atoms with Crippen LogP contribution in [0.3, 0.4) is 0 Å². The Morgan fingerprint density at radius 1 is 0.833 bits per heavy atom. The lowest BCUT2D eigenvalue weighted by molar-refractivity contribution is 0.637. The third-order valence-corrected chi connectivity index (χ3v) is 5.82. The van der Waals surface area contributed by atoms with Gasteiger partial charge in [-0.25, -0.2) is 4.98 Å². The minimum absolute atomic E-state index is 0.952. The molecule has 0 saturated carbocycles. The molecule has 0 aliphatic carbocycles. The summed E-state index contributed by atoms with van der Waals surface area (Å²) < 4.78 is 2.03. The molecular formula is C25H27N5. The smallest absolute Gasteiger partial charge is 0.165 e. The largest absolute Gasteiger partial charge is 0.368 e. The maximum Gasteiger partial charge on any atom is 0.165 e. The summed E-state index contributed by atoms with van der Waals surface area (Å²) in [6.45, 7) is 6.16. The van der Waals surface area contributed by atoms with Gasteiger partial charge in [0.05, 0.1) is 6.20 Å². The molecule has 3 heterocycles. The Hall–Kier alpha value is -3.34. The highest BCUT2D eigenvalue weighted by molar-refractivity contribution is 5.78. The third-order valence-electron chi connectivity index (χ3n) is 5.82. The molecule has 0 bridgehead atoms. The number of fused-ring (bicyclic) bond motifs is 1. The average Bonchev–Trinajstić information content (AvgIpc) is 3.24. The van der Waals surface area contributed by atoms with Crippen molar-refractivity contribution < 1.29 is 0 Å². The standard InChI is InChI=1S/C25H27N5/c1-2-9-21-18-24(29-16-14-28(15-17-29)22-12-7-4-8-13-22)30-25(27-21)23(19-26-30)20-10-5-3-6-11-20/h3-8,10-13,18-19H,2,9,14-17H2,1H3. The van der Waals surface area contributed by atoms with Gasteiger partial charge in [0.1, 0.15) is 5.82 Å². The molecule has 0 amide bonds. The van der Waals surface area contributed by atoms with Gasteiger partial charge in [-0.3, -0.25) is 0 Å². The molecule has 5 nitrogen and oxygen atoms in total. The highest BCUT2D eigenvalue weighted by Crippen LogP contribution is 2.28. The zero-order valence-electron chi connectivity index (χ0n) is 17.4. The zero-order chi connectivity index (χ0) is 20.3. The number of piperazine rings is 1. The van der Waals surface area contributed by atoms with Crippen molar-refractivity contribution in [1.29, 1.82) is 0 Å². The molecule has 5 rings (SSSR count). The van der Waals surface area contributed by atoms with Crippen molar-refractivity contribution >= 4 is 17.2 Å². The molecule has 30 heavy (non-hydrogen) atoms. The minimum Gasteiger partial charge on any atom is -0.368 e. The van der Waals surface area contributed by atoms with Crippen molar-refractivity contribution in [2.75, 3.05) is 36.0 Å². The summed E-state index contributed by atoms with van der Waals surface area (Å²) in [6.07, 6.45) is 4.02. The molecule has 0 unspecified atom stereocenters. The van der Waals surface area contributed by atoms with Crippen molar-refractivity contribution in [1.82, 2.24) is 14.6 Å². The summed E-state index contributed by atoms with van der Waals surface area (Å²) in [7, 11) is 0. The minimum atomic E-state index is 0.952. The van der Waals surface area contributed by atoms with E-state index >= 15 is 0 Å². The van der Waals surface area contributed by atoms with Crippen molar-refractivity contribution in [3.05, 3.63) is 78.6 Å². The monoisotopic (exact) mass is 397 g/mol. The number of para-hydroxylation sites is 1. The molecule has 1 saturated heterocycles. The molecule has 152 valence electrons. The van der Waals surface area contributed by atoms with Gasteiger partial charge in [0.25, 0.3) is 0 Å². The first-order valence-electron chi connectivity index (χ1n) is 10.8. The fourth-order valence-electron chi connectivity index (χ4n) is 4.26. The van der Waals surface area contributed by atoms with Crippen LogP contribution in [0.25, 0.3) is 16.8 Å². The summed E-state index contributed by atoms with van der Waals surface area (Å²) in [5.41, 5.74) is 5.65. The molecule has 0 radical (unpaired) electrons.